The first-order valence-electron chi connectivity index (χ1n) is 11.2. The van der Waals surface area contributed by atoms with Gasteiger partial charge in [0.25, 0.3) is 0 Å². The van der Waals surface area contributed by atoms with Crippen LogP contribution in [0.1, 0.15) is 52.1 Å². The quantitative estimate of drug-likeness (QED) is 0.668. The molecule has 0 spiro atoms. The smallest absolute Gasteiger partial charge is 0.408 e. The zero-order chi connectivity index (χ0) is 24.0. The molecule has 2 heterocycles. The van der Waals surface area contributed by atoms with Crippen LogP contribution < -0.4 is 10.6 Å². The lowest BCUT2D eigenvalue weighted by Gasteiger charge is -2.30. The summed E-state index contributed by atoms with van der Waals surface area (Å²) in [6.45, 7) is 7.83. The van der Waals surface area contributed by atoms with Crippen LogP contribution in [0.15, 0.2) is 49.1 Å². The molecule has 3 atom stereocenters. The van der Waals surface area contributed by atoms with Crippen LogP contribution in [-0.2, 0) is 20.9 Å². The molecule has 1 aromatic heterocycles. The van der Waals surface area contributed by atoms with Crippen LogP contribution in [0.4, 0.5) is 4.79 Å². The van der Waals surface area contributed by atoms with Crippen LogP contribution in [0.5, 0.6) is 0 Å². The molecular formula is C24H33N5O4. The zero-order valence-electron chi connectivity index (χ0n) is 19.7. The van der Waals surface area contributed by atoms with Gasteiger partial charge in [-0.15, -0.1) is 0 Å². The van der Waals surface area contributed by atoms with Gasteiger partial charge >= 0.3 is 6.09 Å². The van der Waals surface area contributed by atoms with Gasteiger partial charge in [0.2, 0.25) is 11.8 Å². The largest absolute Gasteiger partial charge is 0.444 e. The first-order valence-corrected chi connectivity index (χ1v) is 11.2. The highest BCUT2D eigenvalue weighted by molar-refractivity contribution is 5.92. The molecule has 0 unspecified atom stereocenters. The van der Waals surface area contributed by atoms with Crippen molar-refractivity contribution in [3.8, 4) is 0 Å². The number of ether oxygens (including phenoxy) is 1. The fourth-order valence-electron chi connectivity index (χ4n) is 3.88. The number of hydrogen-bond acceptors (Lipinski definition) is 5. The highest BCUT2D eigenvalue weighted by Gasteiger charge is 2.38. The lowest BCUT2D eigenvalue weighted by molar-refractivity contribution is -0.140. The van der Waals surface area contributed by atoms with Crippen molar-refractivity contribution >= 4 is 17.9 Å². The molecule has 3 rings (SSSR count). The van der Waals surface area contributed by atoms with Crippen LogP contribution in [0.2, 0.25) is 0 Å². The monoisotopic (exact) mass is 455 g/mol. The van der Waals surface area contributed by atoms with Crippen molar-refractivity contribution < 1.29 is 19.1 Å². The van der Waals surface area contributed by atoms with Gasteiger partial charge in [-0.2, -0.15) is 0 Å². The molecule has 1 aliphatic heterocycles. The maximum absolute atomic E-state index is 13.5. The summed E-state index contributed by atoms with van der Waals surface area (Å²) in [6.07, 6.45) is 5.50. The summed E-state index contributed by atoms with van der Waals surface area (Å²) >= 11 is 0. The molecule has 33 heavy (non-hydrogen) atoms. The third-order valence-corrected chi connectivity index (χ3v) is 5.44. The minimum Gasteiger partial charge on any atom is -0.444 e. The number of carbonyl (C=O) groups is 3. The molecule has 3 amide bonds. The van der Waals surface area contributed by atoms with Crippen molar-refractivity contribution in [3.05, 3.63) is 54.6 Å². The Morgan fingerprint density at radius 3 is 2.55 bits per heavy atom. The minimum absolute atomic E-state index is 0.183. The second-order valence-corrected chi connectivity index (χ2v) is 9.29. The highest BCUT2D eigenvalue weighted by Crippen LogP contribution is 2.21. The van der Waals surface area contributed by atoms with Crippen molar-refractivity contribution in [3.63, 3.8) is 0 Å². The van der Waals surface area contributed by atoms with Gasteiger partial charge in [-0.05, 0) is 46.1 Å². The van der Waals surface area contributed by atoms with Gasteiger partial charge in [0, 0.05) is 18.9 Å². The second kappa shape index (κ2) is 10.5. The molecular weight excluding hydrogens is 422 g/mol. The van der Waals surface area contributed by atoms with Crippen molar-refractivity contribution in [2.45, 2.75) is 70.8 Å². The summed E-state index contributed by atoms with van der Waals surface area (Å²) in [5.41, 5.74) is 0.294. The zero-order valence-corrected chi connectivity index (χ0v) is 19.7. The standard InChI is InChI=1S/C24H33N5O4/c1-17(18-9-6-5-7-10-18)26-21(30)20-11-8-13-29(20)22(31)19(15-28-14-12-25-16-28)27-23(32)33-24(2,3)4/h5-7,9-10,12,14,16-17,19-20H,8,11,13,15H2,1-4H3,(H,26,30)(H,27,32)/t17-,19+,20+/m1/s1. The fourth-order valence-corrected chi connectivity index (χ4v) is 3.88. The molecule has 0 radical (unpaired) electrons. The average Bonchev–Trinajstić information content (AvgIpc) is 3.44. The highest BCUT2D eigenvalue weighted by atomic mass is 16.6. The van der Waals surface area contributed by atoms with E-state index in [1.54, 1.807) is 49.0 Å². The van der Waals surface area contributed by atoms with Gasteiger partial charge in [0.05, 0.1) is 18.9 Å². The van der Waals surface area contributed by atoms with Crippen LogP contribution in [0, 0.1) is 0 Å². The van der Waals surface area contributed by atoms with E-state index in [9.17, 15) is 14.4 Å². The van der Waals surface area contributed by atoms with Gasteiger partial charge in [-0.1, -0.05) is 30.3 Å². The molecule has 1 aromatic carbocycles. The van der Waals surface area contributed by atoms with Gasteiger partial charge in [-0.25, -0.2) is 9.78 Å². The summed E-state index contributed by atoms with van der Waals surface area (Å²) in [4.78, 5) is 44.5. The molecule has 1 fully saturated rings. The Morgan fingerprint density at radius 2 is 1.91 bits per heavy atom. The second-order valence-electron chi connectivity index (χ2n) is 9.29. The van der Waals surface area contributed by atoms with Crippen LogP contribution in [0.3, 0.4) is 0 Å². The van der Waals surface area contributed by atoms with Crippen LogP contribution in [-0.4, -0.2) is 56.6 Å². The molecule has 9 heteroatoms. The number of amides is 3. The number of nitrogens with one attached hydrogen (secondary N) is 2. The summed E-state index contributed by atoms with van der Waals surface area (Å²) in [7, 11) is 0. The van der Waals surface area contributed by atoms with E-state index >= 15 is 0 Å². The Hall–Kier alpha value is -3.36. The summed E-state index contributed by atoms with van der Waals surface area (Å²) in [5, 5.41) is 5.70. The third kappa shape index (κ3) is 6.81. The maximum atomic E-state index is 13.5. The number of rotatable bonds is 7. The van der Waals surface area contributed by atoms with Crippen molar-refractivity contribution in [2.24, 2.45) is 0 Å². The van der Waals surface area contributed by atoms with Crippen molar-refractivity contribution in [1.29, 1.82) is 0 Å². The van der Waals surface area contributed by atoms with E-state index in [1.807, 2.05) is 37.3 Å². The predicted molar refractivity (Wildman–Crippen MR) is 123 cm³/mol. The van der Waals surface area contributed by atoms with Crippen LogP contribution >= 0.6 is 0 Å². The SMILES string of the molecule is C[C@@H](NC(=O)[C@@H]1CCCN1C(=O)[C@H](Cn1ccnc1)NC(=O)OC(C)(C)C)c1ccccc1. The van der Waals surface area contributed by atoms with Gasteiger partial charge in [0.15, 0.2) is 0 Å². The number of likely N-dealkylation sites (tertiary alicyclic amines) is 1. The Morgan fingerprint density at radius 1 is 1.18 bits per heavy atom. The van der Waals surface area contributed by atoms with Crippen molar-refractivity contribution in [2.75, 3.05) is 6.54 Å². The number of benzene rings is 1. The molecule has 0 aliphatic carbocycles. The fraction of sp³-hybridized carbons (Fsp3) is 0.500. The summed E-state index contributed by atoms with van der Waals surface area (Å²) in [6, 6.07) is 8.01. The predicted octanol–water partition coefficient (Wildman–Crippen LogP) is 2.64. The number of aromatic nitrogens is 2. The van der Waals surface area contributed by atoms with E-state index in [0.717, 1.165) is 5.56 Å². The molecule has 0 bridgehead atoms. The van der Waals surface area contributed by atoms with E-state index in [-0.39, 0.29) is 24.4 Å². The average molecular weight is 456 g/mol. The molecule has 9 nitrogen and oxygen atoms in total. The third-order valence-electron chi connectivity index (χ3n) is 5.44. The molecule has 1 aliphatic rings. The number of hydrogen-bond donors (Lipinski definition) is 2. The number of nitrogens with zero attached hydrogens (tertiary/aromatic N) is 3. The van der Waals surface area contributed by atoms with Crippen LogP contribution in [0.25, 0.3) is 0 Å². The van der Waals surface area contributed by atoms with E-state index in [4.69, 9.17) is 4.74 Å². The normalized spacial score (nSPS) is 17.8. The Balaban J connectivity index is 1.71. The first kappa shape index (κ1) is 24.3. The lowest BCUT2D eigenvalue weighted by Crippen LogP contribution is -2.55. The minimum atomic E-state index is -0.894. The molecule has 2 N–H and O–H groups in total. The van der Waals surface area contributed by atoms with E-state index in [0.29, 0.717) is 19.4 Å². The van der Waals surface area contributed by atoms with Gasteiger partial charge in [0.1, 0.15) is 17.7 Å². The number of imidazole rings is 1. The maximum Gasteiger partial charge on any atom is 0.408 e. The Bertz CT molecular complexity index is 940. The molecule has 178 valence electrons. The van der Waals surface area contributed by atoms with Gasteiger partial charge < -0.3 is 24.8 Å². The van der Waals surface area contributed by atoms with E-state index in [2.05, 4.69) is 15.6 Å². The lowest BCUT2D eigenvalue weighted by atomic mass is 10.1. The van der Waals surface area contributed by atoms with Gasteiger partial charge in [-0.3, -0.25) is 9.59 Å². The molecule has 2 aromatic rings. The Kier molecular flexibility index (Phi) is 7.73. The number of alkyl carbamates (subject to hydrolysis) is 1. The Labute approximate surface area is 194 Å². The first-order chi connectivity index (χ1) is 15.6. The molecule has 1 saturated heterocycles. The van der Waals surface area contributed by atoms with Crippen molar-refractivity contribution in [1.82, 2.24) is 25.1 Å². The van der Waals surface area contributed by atoms with E-state index < -0.39 is 23.8 Å². The number of carbonyl (C=O) groups excluding carboxylic acids is 3. The summed E-state index contributed by atoms with van der Waals surface area (Å²) < 4.78 is 7.06. The van der Waals surface area contributed by atoms with E-state index in [1.165, 1.54) is 0 Å². The molecule has 0 saturated carbocycles. The summed E-state index contributed by atoms with van der Waals surface area (Å²) in [5.74, 6) is -0.518. The topological polar surface area (TPSA) is 106 Å².